The van der Waals surface area contributed by atoms with Gasteiger partial charge in [0.2, 0.25) is 0 Å². The van der Waals surface area contributed by atoms with Crippen molar-refractivity contribution in [2.45, 2.75) is 45.6 Å². The molecule has 0 radical (unpaired) electrons. The second-order valence-electron chi connectivity index (χ2n) is 5.02. The van der Waals surface area contributed by atoms with Crippen molar-refractivity contribution in [1.29, 1.82) is 0 Å². The molecule has 1 aliphatic rings. The lowest BCUT2D eigenvalue weighted by atomic mass is 9.94. The molecule has 0 aliphatic heterocycles. The van der Waals surface area contributed by atoms with Crippen LogP contribution in [0.2, 0.25) is 5.02 Å². The number of thiophene rings is 1. The highest BCUT2D eigenvalue weighted by Crippen LogP contribution is 2.43. The normalized spacial score (nSPS) is 26.3. The molecular formula is C14H22ClNS. The molecule has 0 spiro atoms. The molecule has 1 aromatic rings. The first kappa shape index (κ1) is 13.4. The molecule has 1 aliphatic carbocycles. The maximum Gasteiger partial charge on any atom is 0.0561 e. The molecule has 3 atom stereocenters. The van der Waals surface area contributed by atoms with Crippen LogP contribution in [0, 0.1) is 11.8 Å². The van der Waals surface area contributed by atoms with E-state index in [1.54, 1.807) is 11.3 Å². The smallest absolute Gasteiger partial charge is 0.0561 e. The van der Waals surface area contributed by atoms with E-state index in [1.807, 2.05) is 6.07 Å². The summed E-state index contributed by atoms with van der Waals surface area (Å²) in [5.41, 5.74) is 0. The van der Waals surface area contributed by atoms with Crippen molar-refractivity contribution in [3.05, 3.63) is 21.3 Å². The Bertz CT molecular complexity index is 350. The summed E-state index contributed by atoms with van der Waals surface area (Å²) in [6.45, 7) is 5.51. The van der Waals surface area contributed by atoms with E-state index in [4.69, 9.17) is 11.6 Å². The molecule has 2 rings (SSSR count). The first-order chi connectivity index (χ1) is 8.26. The number of nitrogens with one attached hydrogen (secondary N) is 1. The average Bonchev–Trinajstić information content (AvgIpc) is 2.95. The van der Waals surface area contributed by atoms with Crippen LogP contribution < -0.4 is 5.32 Å². The van der Waals surface area contributed by atoms with Crippen LogP contribution in [-0.4, -0.2) is 6.54 Å². The van der Waals surface area contributed by atoms with Crippen molar-refractivity contribution in [3.8, 4) is 0 Å². The fraction of sp³-hybridized carbons (Fsp3) is 0.714. The molecule has 1 N–H and O–H groups in total. The fourth-order valence-corrected chi connectivity index (χ4v) is 4.35. The number of hydrogen-bond acceptors (Lipinski definition) is 2. The van der Waals surface area contributed by atoms with E-state index in [0.717, 1.165) is 23.4 Å². The van der Waals surface area contributed by atoms with E-state index in [2.05, 4.69) is 24.5 Å². The molecule has 1 saturated carbocycles. The van der Waals surface area contributed by atoms with Crippen LogP contribution in [0.15, 0.2) is 11.4 Å². The lowest BCUT2D eigenvalue weighted by Gasteiger charge is -2.24. The Morgan fingerprint density at radius 2 is 2.29 bits per heavy atom. The van der Waals surface area contributed by atoms with Crippen LogP contribution in [0.25, 0.3) is 0 Å². The van der Waals surface area contributed by atoms with Gasteiger partial charge < -0.3 is 5.32 Å². The second kappa shape index (κ2) is 6.21. The van der Waals surface area contributed by atoms with Crippen LogP contribution in [0.4, 0.5) is 0 Å². The van der Waals surface area contributed by atoms with Crippen molar-refractivity contribution in [2.24, 2.45) is 11.8 Å². The Morgan fingerprint density at radius 1 is 1.47 bits per heavy atom. The highest BCUT2D eigenvalue weighted by molar-refractivity contribution is 7.10. The molecule has 1 fully saturated rings. The monoisotopic (exact) mass is 271 g/mol. The van der Waals surface area contributed by atoms with Crippen molar-refractivity contribution in [2.75, 3.05) is 6.54 Å². The first-order valence-electron chi connectivity index (χ1n) is 6.72. The molecule has 0 bridgehead atoms. The molecular weight excluding hydrogens is 250 g/mol. The van der Waals surface area contributed by atoms with Crippen molar-refractivity contribution < 1.29 is 0 Å². The largest absolute Gasteiger partial charge is 0.309 e. The quantitative estimate of drug-likeness (QED) is 0.805. The third kappa shape index (κ3) is 3.04. The third-order valence-corrected chi connectivity index (χ3v) is 5.42. The SMILES string of the molecule is CCNC(c1sccc1Cl)C1CCC(CC)C1. The maximum absolute atomic E-state index is 6.29. The minimum atomic E-state index is 0.476. The van der Waals surface area contributed by atoms with Gasteiger partial charge in [0.05, 0.1) is 5.02 Å². The molecule has 0 saturated heterocycles. The lowest BCUT2D eigenvalue weighted by molar-refractivity contribution is 0.364. The number of rotatable bonds is 5. The van der Waals surface area contributed by atoms with Gasteiger partial charge in [0, 0.05) is 10.9 Å². The number of hydrogen-bond donors (Lipinski definition) is 1. The van der Waals surface area contributed by atoms with Crippen molar-refractivity contribution in [3.63, 3.8) is 0 Å². The molecule has 17 heavy (non-hydrogen) atoms. The van der Waals surface area contributed by atoms with Gasteiger partial charge in [-0.05, 0) is 42.7 Å². The molecule has 1 nitrogen and oxygen atoms in total. The fourth-order valence-electron chi connectivity index (χ4n) is 3.01. The van der Waals surface area contributed by atoms with Gasteiger partial charge in [0.15, 0.2) is 0 Å². The average molecular weight is 272 g/mol. The minimum Gasteiger partial charge on any atom is -0.309 e. The van der Waals surface area contributed by atoms with Gasteiger partial charge in [-0.3, -0.25) is 0 Å². The molecule has 3 unspecified atom stereocenters. The molecule has 3 heteroatoms. The molecule has 1 heterocycles. The Kier molecular flexibility index (Phi) is 4.89. The third-order valence-electron chi connectivity index (χ3n) is 3.98. The van der Waals surface area contributed by atoms with Crippen LogP contribution in [0.1, 0.15) is 50.4 Å². The summed E-state index contributed by atoms with van der Waals surface area (Å²) < 4.78 is 0. The zero-order chi connectivity index (χ0) is 12.3. The summed E-state index contributed by atoms with van der Waals surface area (Å²) in [6.07, 6.45) is 5.44. The lowest BCUT2D eigenvalue weighted by Crippen LogP contribution is -2.26. The summed E-state index contributed by atoms with van der Waals surface area (Å²) in [7, 11) is 0. The summed E-state index contributed by atoms with van der Waals surface area (Å²) >= 11 is 8.09. The Balaban J connectivity index is 2.10. The minimum absolute atomic E-state index is 0.476. The predicted molar refractivity (Wildman–Crippen MR) is 76.9 cm³/mol. The molecule has 0 aromatic carbocycles. The zero-order valence-corrected chi connectivity index (χ0v) is 12.3. The standard InChI is InChI=1S/C14H22ClNS/c1-3-10-5-6-11(9-10)13(16-4-2)14-12(15)7-8-17-14/h7-8,10-11,13,16H,3-6,9H2,1-2H3. The van der Waals surface area contributed by atoms with Gasteiger partial charge in [-0.1, -0.05) is 38.3 Å². The zero-order valence-electron chi connectivity index (χ0n) is 10.7. The topological polar surface area (TPSA) is 12.0 Å². The molecule has 96 valence electrons. The van der Waals surface area contributed by atoms with E-state index in [0.29, 0.717) is 6.04 Å². The van der Waals surface area contributed by atoms with Crippen LogP contribution in [0.5, 0.6) is 0 Å². The van der Waals surface area contributed by atoms with E-state index < -0.39 is 0 Å². The van der Waals surface area contributed by atoms with E-state index >= 15 is 0 Å². The van der Waals surface area contributed by atoms with Crippen molar-refractivity contribution in [1.82, 2.24) is 5.32 Å². The van der Waals surface area contributed by atoms with Crippen LogP contribution >= 0.6 is 22.9 Å². The summed E-state index contributed by atoms with van der Waals surface area (Å²) in [4.78, 5) is 1.34. The van der Waals surface area contributed by atoms with Crippen LogP contribution in [0.3, 0.4) is 0 Å². The van der Waals surface area contributed by atoms with E-state index in [-0.39, 0.29) is 0 Å². The van der Waals surface area contributed by atoms with Gasteiger partial charge in [-0.25, -0.2) is 0 Å². The molecule has 1 aromatic heterocycles. The molecule has 0 amide bonds. The Hall–Kier alpha value is -0.0500. The van der Waals surface area contributed by atoms with Gasteiger partial charge in [0.25, 0.3) is 0 Å². The van der Waals surface area contributed by atoms with Crippen molar-refractivity contribution >= 4 is 22.9 Å². The summed E-state index contributed by atoms with van der Waals surface area (Å²) in [6, 6.07) is 2.50. The van der Waals surface area contributed by atoms with E-state index in [9.17, 15) is 0 Å². The Morgan fingerprint density at radius 3 is 2.82 bits per heavy atom. The highest BCUT2D eigenvalue weighted by Gasteiger charge is 2.31. The summed E-state index contributed by atoms with van der Waals surface area (Å²) in [5, 5.41) is 6.69. The van der Waals surface area contributed by atoms with Crippen LogP contribution in [-0.2, 0) is 0 Å². The van der Waals surface area contributed by atoms with E-state index in [1.165, 1.54) is 30.6 Å². The Labute approximate surface area is 114 Å². The second-order valence-corrected chi connectivity index (χ2v) is 6.37. The predicted octanol–water partition coefficient (Wildman–Crippen LogP) is 4.88. The van der Waals surface area contributed by atoms with Gasteiger partial charge in [-0.2, -0.15) is 0 Å². The van der Waals surface area contributed by atoms with Gasteiger partial charge in [0.1, 0.15) is 0 Å². The first-order valence-corrected chi connectivity index (χ1v) is 7.98. The highest BCUT2D eigenvalue weighted by atomic mass is 35.5. The van der Waals surface area contributed by atoms with Gasteiger partial charge >= 0.3 is 0 Å². The summed E-state index contributed by atoms with van der Waals surface area (Å²) in [5.74, 6) is 1.70. The van der Waals surface area contributed by atoms with Gasteiger partial charge in [-0.15, -0.1) is 11.3 Å². The maximum atomic E-state index is 6.29. The number of halogens is 1.